The number of rotatable bonds is 6. The fourth-order valence-electron chi connectivity index (χ4n) is 1.98. The van der Waals surface area contributed by atoms with Crippen molar-refractivity contribution < 1.29 is 19.1 Å². The minimum absolute atomic E-state index is 0.0130. The lowest BCUT2D eigenvalue weighted by atomic mass is 10.2. The molecule has 7 heteroatoms. The maximum absolute atomic E-state index is 11.9. The third-order valence-electron chi connectivity index (χ3n) is 3.30. The van der Waals surface area contributed by atoms with E-state index in [-0.39, 0.29) is 18.7 Å². The summed E-state index contributed by atoms with van der Waals surface area (Å²) in [5, 5.41) is 2.68. The highest BCUT2D eigenvalue weighted by atomic mass is 16.5. The van der Waals surface area contributed by atoms with Gasteiger partial charge in [0.1, 0.15) is 5.75 Å². The molecule has 0 saturated carbocycles. The van der Waals surface area contributed by atoms with Gasteiger partial charge in [-0.05, 0) is 36.4 Å². The highest BCUT2D eigenvalue weighted by Crippen LogP contribution is 2.10. The Morgan fingerprint density at radius 1 is 0.840 bits per heavy atom. The number of hydrogen-bond donors (Lipinski definition) is 3. The molecule has 7 nitrogen and oxygen atoms in total. The number of amides is 3. The number of methoxy groups -OCH3 is 1. The third-order valence-corrected chi connectivity index (χ3v) is 3.30. The molecule has 0 atom stereocenters. The van der Waals surface area contributed by atoms with E-state index in [1.807, 2.05) is 6.07 Å². The Morgan fingerprint density at radius 3 is 2.12 bits per heavy atom. The average Bonchev–Trinajstić information content (AvgIpc) is 2.65. The summed E-state index contributed by atoms with van der Waals surface area (Å²) in [4.78, 5) is 35.3. The Morgan fingerprint density at radius 2 is 1.48 bits per heavy atom. The molecule has 0 fully saturated rings. The van der Waals surface area contributed by atoms with E-state index in [0.29, 0.717) is 17.0 Å². The summed E-state index contributed by atoms with van der Waals surface area (Å²) in [6.07, 6.45) is -0.0271. The summed E-state index contributed by atoms with van der Waals surface area (Å²) in [5.74, 6) is -0.553. The van der Waals surface area contributed by atoms with E-state index in [4.69, 9.17) is 4.74 Å². The molecule has 2 aromatic rings. The minimum atomic E-state index is -0.454. The Hall–Kier alpha value is -3.35. The van der Waals surface area contributed by atoms with E-state index < -0.39 is 11.8 Å². The summed E-state index contributed by atoms with van der Waals surface area (Å²) >= 11 is 0. The van der Waals surface area contributed by atoms with E-state index in [1.165, 1.54) is 7.11 Å². The average molecular weight is 341 g/mol. The third kappa shape index (κ3) is 5.98. The van der Waals surface area contributed by atoms with E-state index in [0.717, 1.165) is 0 Å². The fourth-order valence-corrected chi connectivity index (χ4v) is 1.98. The van der Waals surface area contributed by atoms with Crippen molar-refractivity contribution in [3.63, 3.8) is 0 Å². The molecule has 0 bridgehead atoms. The standard InChI is InChI=1S/C18H19N3O4/c1-25-15-9-7-13(8-10-15)18(24)21-20-17(23)12-11-16(22)19-14-5-3-2-4-6-14/h2-10H,11-12H2,1H3,(H,19,22)(H,20,23)(H,21,24). The van der Waals surface area contributed by atoms with Crippen LogP contribution in [0.1, 0.15) is 23.2 Å². The molecule has 0 spiro atoms. The number of benzene rings is 2. The summed E-state index contributed by atoms with van der Waals surface area (Å²) in [6.45, 7) is 0. The van der Waals surface area contributed by atoms with Crippen LogP contribution in [0.3, 0.4) is 0 Å². The lowest BCUT2D eigenvalue weighted by Crippen LogP contribution is -2.41. The van der Waals surface area contributed by atoms with Gasteiger partial charge in [0, 0.05) is 24.1 Å². The predicted octanol–water partition coefficient (Wildman–Crippen LogP) is 1.88. The largest absolute Gasteiger partial charge is 0.497 e. The van der Waals surface area contributed by atoms with Gasteiger partial charge in [-0.1, -0.05) is 18.2 Å². The van der Waals surface area contributed by atoms with Gasteiger partial charge in [0.15, 0.2) is 0 Å². The normalized spacial score (nSPS) is 9.80. The molecule has 130 valence electrons. The molecule has 2 rings (SSSR count). The molecule has 25 heavy (non-hydrogen) atoms. The number of nitrogens with one attached hydrogen (secondary N) is 3. The number of carbonyl (C=O) groups is 3. The Balaban J connectivity index is 1.71. The van der Waals surface area contributed by atoms with Gasteiger partial charge in [-0.15, -0.1) is 0 Å². The van der Waals surface area contributed by atoms with Crippen molar-refractivity contribution in [1.82, 2.24) is 10.9 Å². The Bertz CT molecular complexity index is 730. The van der Waals surface area contributed by atoms with Crippen LogP contribution in [0.25, 0.3) is 0 Å². The van der Waals surface area contributed by atoms with Crippen molar-refractivity contribution in [1.29, 1.82) is 0 Å². The van der Waals surface area contributed by atoms with E-state index in [1.54, 1.807) is 48.5 Å². The zero-order chi connectivity index (χ0) is 18.1. The first-order valence-corrected chi connectivity index (χ1v) is 7.66. The van der Waals surface area contributed by atoms with Crippen molar-refractivity contribution >= 4 is 23.4 Å². The van der Waals surface area contributed by atoms with Crippen LogP contribution in [-0.2, 0) is 9.59 Å². The first kappa shape index (κ1) is 18.0. The van der Waals surface area contributed by atoms with Crippen LogP contribution < -0.4 is 20.9 Å². The molecule has 0 heterocycles. The SMILES string of the molecule is COc1ccc(C(=O)NNC(=O)CCC(=O)Nc2ccccc2)cc1. The van der Waals surface area contributed by atoms with Gasteiger partial charge in [0.25, 0.3) is 5.91 Å². The van der Waals surface area contributed by atoms with Gasteiger partial charge in [0.2, 0.25) is 11.8 Å². The number of para-hydroxylation sites is 1. The van der Waals surface area contributed by atoms with Crippen LogP contribution in [0.4, 0.5) is 5.69 Å². The summed E-state index contributed by atoms with van der Waals surface area (Å²) in [6, 6.07) is 15.4. The molecule has 0 aliphatic carbocycles. The topological polar surface area (TPSA) is 96.5 Å². The fraction of sp³-hybridized carbons (Fsp3) is 0.167. The zero-order valence-electron chi connectivity index (χ0n) is 13.7. The zero-order valence-corrected chi connectivity index (χ0v) is 13.7. The molecule has 2 aromatic carbocycles. The molecule has 0 aromatic heterocycles. The quantitative estimate of drug-likeness (QED) is 0.699. The molecule has 0 unspecified atom stereocenters. The lowest BCUT2D eigenvalue weighted by molar-refractivity contribution is -0.124. The van der Waals surface area contributed by atoms with Gasteiger partial charge in [-0.3, -0.25) is 25.2 Å². The van der Waals surface area contributed by atoms with Crippen LogP contribution >= 0.6 is 0 Å². The van der Waals surface area contributed by atoms with Gasteiger partial charge < -0.3 is 10.1 Å². The van der Waals surface area contributed by atoms with E-state index >= 15 is 0 Å². The van der Waals surface area contributed by atoms with Crippen molar-refractivity contribution in [3.05, 3.63) is 60.2 Å². The monoisotopic (exact) mass is 341 g/mol. The van der Waals surface area contributed by atoms with Gasteiger partial charge in [-0.2, -0.15) is 0 Å². The minimum Gasteiger partial charge on any atom is -0.497 e. The molecular weight excluding hydrogens is 322 g/mol. The van der Waals surface area contributed by atoms with E-state index in [2.05, 4.69) is 16.2 Å². The number of carbonyl (C=O) groups excluding carboxylic acids is 3. The highest BCUT2D eigenvalue weighted by Gasteiger charge is 2.10. The molecule has 0 aliphatic rings. The molecule has 3 amide bonds. The van der Waals surface area contributed by atoms with E-state index in [9.17, 15) is 14.4 Å². The first-order valence-electron chi connectivity index (χ1n) is 7.66. The van der Waals surface area contributed by atoms with Gasteiger partial charge in [-0.25, -0.2) is 0 Å². The molecule has 0 radical (unpaired) electrons. The summed E-state index contributed by atoms with van der Waals surface area (Å²) in [5.41, 5.74) is 5.62. The molecular formula is C18H19N3O4. The van der Waals surface area contributed by atoms with Gasteiger partial charge >= 0.3 is 0 Å². The smallest absolute Gasteiger partial charge is 0.269 e. The number of ether oxygens (including phenoxy) is 1. The van der Waals surface area contributed by atoms with Crippen molar-refractivity contribution in [3.8, 4) is 5.75 Å². The maximum Gasteiger partial charge on any atom is 0.269 e. The number of hydrogen-bond acceptors (Lipinski definition) is 4. The maximum atomic E-state index is 11.9. The van der Waals surface area contributed by atoms with Crippen LogP contribution in [-0.4, -0.2) is 24.8 Å². The second-order valence-corrected chi connectivity index (χ2v) is 5.15. The Kier molecular flexibility index (Phi) is 6.53. The Labute approximate surface area is 145 Å². The second kappa shape index (κ2) is 9.07. The predicted molar refractivity (Wildman–Crippen MR) is 92.9 cm³/mol. The van der Waals surface area contributed by atoms with Crippen LogP contribution in [0.15, 0.2) is 54.6 Å². The molecule has 0 aliphatic heterocycles. The highest BCUT2D eigenvalue weighted by molar-refractivity contribution is 5.96. The number of hydrazine groups is 1. The lowest BCUT2D eigenvalue weighted by Gasteiger charge is -2.08. The number of anilines is 1. The van der Waals surface area contributed by atoms with Crippen molar-refractivity contribution in [2.45, 2.75) is 12.8 Å². The van der Waals surface area contributed by atoms with Crippen molar-refractivity contribution in [2.75, 3.05) is 12.4 Å². The molecule has 3 N–H and O–H groups in total. The van der Waals surface area contributed by atoms with Crippen LogP contribution in [0.2, 0.25) is 0 Å². The second-order valence-electron chi connectivity index (χ2n) is 5.15. The first-order chi connectivity index (χ1) is 12.1. The van der Waals surface area contributed by atoms with Crippen molar-refractivity contribution in [2.24, 2.45) is 0 Å². The van der Waals surface area contributed by atoms with Crippen LogP contribution in [0.5, 0.6) is 5.75 Å². The van der Waals surface area contributed by atoms with Gasteiger partial charge in [0.05, 0.1) is 7.11 Å². The summed E-state index contributed by atoms with van der Waals surface area (Å²) < 4.78 is 5.00. The summed E-state index contributed by atoms with van der Waals surface area (Å²) in [7, 11) is 1.53. The molecule has 0 saturated heterocycles. The van der Waals surface area contributed by atoms with Crippen LogP contribution in [0, 0.1) is 0 Å².